The summed E-state index contributed by atoms with van der Waals surface area (Å²) < 4.78 is 0. The minimum absolute atomic E-state index is 1.11. The molecule has 1 nitrogen and oxygen atoms in total. The number of nitrogens with one attached hydrogen (secondary N) is 1. The summed E-state index contributed by atoms with van der Waals surface area (Å²) in [6.45, 7) is 4.45. The van der Waals surface area contributed by atoms with Gasteiger partial charge in [0.15, 0.2) is 0 Å². The zero-order valence-corrected chi connectivity index (χ0v) is 8.93. The SMILES string of the molecule is CCC1=C(CC)Nc2ccccc2C1. The van der Waals surface area contributed by atoms with Crippen molar-refractivity contribution in [2.45, 2.75) is 33.1 Å². The standard InChI is InChI=1S/C13H17N/c1-3-10-9-11-7-5-6-8-13(11)14-12(10)4-2/h5-8,14H,3-4,9H2,1-2H3. The van der Waals surface area contributed by atoms with E-state index in [0.717, 1.165) is 19.3 Å². The maximum Gasteiger partial charge on any atom is 0.0417 e. The number of benzene rings is 1. The number of allylic oxidation sites excluding steroid dienone is 2. The summed E-state index contributed by atoms with van der Waals surface area (Å²) in [6, 6.07) is 8.59. The molecule has 1 aromatic carbocycles. The summed E-state index contributed by atoms with van der Waals surface area (Å²) in [7, 11) is 0. The Balaban J connectivity index is 2.35. The molecule has 1 heterocycles. The molecule has 0 spiro atoms. The van der Waals surface area contributed by atoms with E-state index >= 15 is 0 Å². The van der Waals surface area contributed by atoms with Crippen LogP contribution in [0.3, 0.4) is 0 Å². The van der Waals surface area contributed by atoms with E-state index in [1.807, 2.05) is 0 Å². The monoisotopic (exact) mass is 187 g/mol. The van der Waals surface area contributed by atoms with E-state index in [2.05, 4.69) is 43.4 Å². The first-order valence-electron chi connectivity index (χ1n) is 5.41. The highest BCUT2D eigenvalue weighted by Gasteiger charge is 2.13. The lowest BCUT2D eigenvalue weighted by Gasteiger charge is -2.23. The highest BCUT2D eigenvalue weighted by atomic mass is 14.9. The van der Waals surface area contributed by atoms with Crippen molar-refractivity contribution >= 4 is 5.69 Å². The summed E-state index contributed by atoms with van der Waals surface area (Å²) >= 11 is 0. The normalized spacial score (nSPS) is 15.0. The second-order valence-corrected chi connectivity index (χ2v) is 3.75. The predicted molar refractivity (Wildman–Crippen MR) is 61.4 cm³/mol. The van der Waals surface area contributed by atoms with E-state index in [1.54, 1.807) is 5.57 Å². The number of fused-ring (bicyclic) bond motifs is 1. The smallest absolute Gasteiger partial charge is 0.0417 e. The molecule has 0 aliphatic carbocycles. The Bertz CT molecular complexity index is 328. The Labute approximate surface area is 85.8 Å². The molecule has 2 rings (SSSR count). The van der Waals surface area contributed by atoms with Gasteiger partial charge in [-0.15, -0.1) is 0 Å². The Morgan fingerprint density at radius 3 is 2.64 bits per heavy atom. The molecule has 0 saturated carbocycles. The zero-order chi connectivity index (χ0) is 9.97. The summed E-state index contributed by atoms with van der Waals surface area (Å²) in [4.78, 5) is 0. The molecule has 0 aromatic heterocycles. The summed E-state index contributed by atoms with van der Waals surface area (Å²) in [5.74, 6) is 0. The fraction of sp³-hybridized carbons (Fsp3) is 0.385. The van der Waals surface area contributed by atoms with E-state index in [4.69, 9.17) is 0 Å². The van der Waals surface area contributed by atoms with Crippen LogP contribution in [0.4, 0.5) is 5.69 Å². The number of anilines is 1. The van der Waals surface area contributed by atoms with Crippen LogP contribution in [0.2, 0.25) is 0 Å². The molecular weight excluding hydrogens is 170 g/mol. The molecule has 0 atom stereocenters. The van der Waals surface area contributed by atoms with Crippen LogP contribution < -0.4 is 5.32 Å². The Morgan fingerprint density at radius 1 is 1.14 bits per heavy atom. The molecule has 74 valence electrons. The van der Waals surface area contributed by atoms with Crippen molar-refractivity contribution < 1.29 is 0 Å². The average Bonchev–Trinajstić information content (AvgIpc) is 2.27. The zero-order valence-electron chi connectivity index (χ0n) is 8.93. The van der Waals surface area contributed by atoms with Crippen LogP contribution in [-0.4, -0.2) is 0 Å². The molecule has 1 aromatic rings. The fourth-order valence-electron chi connectivity index (χ4n) is 2.06. The minimum atomic E-state index is 1.11. The van der Waals surface area contributed by atoms with Gasteiger partial charge in [-0.25, -0.2) is 0 Å². The largest absolute Gasteiger partial charge is 0.359 e. The van der Waals surface area contributed by atoms with E-state index in [1.165, 1.54) is 16.9 Å². The van der Waals surface area contributed by atoms with Crippen LogP contribution in [0.5, 0.6) is 0 Å². The number of hydrogen-bond donors (Lipinski definition) is 1. The van der Waals surface area contributed by atoms with Crippen molar-refractivity contribution in [3.63, 3.8) is 0 Å². The molecule has 0 bridgehead atoms. The summed E-state index contributed by atoms with van der Waals surface area (Å²) in [5, 5.41) is 3.53. The molecular formula is C13H17N. The molecule has 0 saturated heterocycles. The summed E-state index contributed by atoms with van der Waals surface area (Å²) in [5.41, 5.74) is 5.71. The predicted octanol–water partition coefficient (Wildman–Crippen LogP) is 3.73. The number of rotatable bonds is 2. The van der Waals surface area contributed by atoms with Gasteiger partial charge in [0.25, 0.3) is 0 Å². The minimum Gasteiger partial charge on any atom is -0.359 e. The summed E-state index contributed by atoms with van der Waals surface area (Å²) in [6.07, 6.45) is 3.39. The quantitative estimate of drug-likeness (QED) is 0.744. The van der Waals surface area contributed by atoms with Crippen molar-refractivity contribution in [1.82, 2.24) is 0 Å². The average molecular weight is 187 g/mol. The topological polar surface area (TPSA) is 12.0 Å². The molecule has 0 unspecified atom stereocenters. The first-order chi connectivity index (χ1) is 6.85. The second kappa shape index (κ2) is 3.87. The molecule has 1 aliphatic heterocycles. The van der Waals surface area contributed by atoms with Crippen LogP contribution in [0.1, 0.15) is 32.3 Å². The van der Waals surface area contributed by atoms with Crippen molar-refractivity contribution in [3.8, 4) is 0 Å². The number of para-hydroxylation sites is 1. The Morgan fingerprint density at radius 2 is 1.93 bits per heavy atom. The van der Waals surface area contributed by atoms with E-state index in [9.17, 15) is 0 Å². The van der Waals surface area contributed by atoms with Crippen LogP contribution in [0.15, 0.2) is 35.5 Å². The third-order valence-electron chi connectivity index (χ3n) is 2.91. The van der Waals surface area contributed by atoms with Gasteiger partial charge >= 0.3 is 0 Å². The van der Waals surface area contributed by atoms with Crippen molar-refractivity contribution in [2.24, 2.45) is 0 Å². The molecule has 1 aliphatic rings. The first kappa shape index (κ1) is 9.32. The van der Waals surface area contributed by atoms with Gasteiger partial charge in [-0.3, -0.25) is 0 Å². The van der Waals surface area contributed by atoms with E-state index in [0.29, 0.717) is 0 Å². The molecule has 0 fully saturated rings. The van der Waals surface area contributed by atoms with Gasteiger partial charge in [0.2, 0.25) is 0 Å². The fourth-order valence-corrected chi connectivity index (χ4v) is 2.06. The maximum atomic E-state index is 3.53. The van der Waals surface area contributed by atoms with Crippen LogP contribution in [0, 0.1) is 0 Å². The van der Waals surface area contributed by atoms with Crippen molar-refractivity contribution in [2.75, 3.05) is 5.32 Å². The Hall–Kier alpha value is -1.24. The van der Waals surface area contributed by atoms with Gasteiger partial charge in [-0.05, 0) is 36.5 Å². The molecule has 0 radical (unpaired) electrons. The molecule has 0 amide bonds. The molecule has 14 heavy (non-hydrogen) atoms. The lowest BCUT2D eigenvalue weighted by molar-refractivity contribution is 0.912. The van der Waals surface area contributed by atoms with Gasteiger partial charge in [-0.2, -0.15) is 0 Å². The van der Waals surface area contributed by atoms with Crippen molar-refractivity contribution in [3.05, 3.63) is 41.1 Å². The molecule has 1 N–H and O–H groups in total. The van der Waals surface area contributed by atoms with Crippen molar-refractivity contribution in [1.29, 1.82) is 0 Å². The van der Waals surface area contributed by atoms with Crippen LogP contribution in [0.25, 0.3) is 0 Å². The molecule has 1 heteroatoms. The Kier molecular flexibility index (Phi) is 2.58. The third-order valence-corrected chi connectivity index (χ3v) is 2.91. The van der Waals surface area contributed by atoms with Gasteiger partial charge < -0.3 is 5.32 Å². The van der Waals surface area contributed by atoms with Gasteiger partial charge in [0.05, 0.1) is 0 Å². The van der Waals surface area contributed by atoms with Crippen LogP contribution in [-0.2, 0) is 6.42 Å². The lowest BCUT2D eigenvalue weighted by atomic mass is 9.95. The van der Waals surface area contributed by atoms with Crippen LogP contribution >= 0.6 is 0 Å². The first-order valence-corrected chi connectivity index (χ1v) is 5.41. The van der Waals surface area contributed by atoms with Gasteiger partial charge in [0, 0.05) is 11.4 Å². The highest BCUT2D eigenvalue weighted by Crippen LogP contribution is 2.29. The highest BCUT2D eigenvalue weighted by molar-refractivity contribution is 5.60. The third kappa shape index (κ3) is 1.54. The van der Waals surface area contributed by atoms with Gasteiger partial charge in [-0.1, -0.05) is 32.0 Å². The van der Waals surface area contributed by atoms with E-state index < -0.39 is 0 Å². The van der Waals surface area contributed by atoms with E-state index in [-0.39, 0.29) is 0 Å². The second-order valence-electron chi connectivity index (χ2n) is 3.75. The number of hydrogen-bond acceptors (Lipinski definition) is 1. The lowest BCUT2D eigenvalue weighted by Crippen LogP contribution is -2.12. The van der Waals surface area contributed by atoms with Gasteiger partial charge in [0.1, 0.15) is 0 Å². The maximum absolute atomic E-state index is 3.53.